The Morgan fingerprint density at radius 1 is 1.46 bits per heavy atom. The predicted molar refractivity (Wildman–Crippen MR) is 47.1 cm³/mol. The van der Waals surface area contributed by atoms with Crippen LogP contribution in [0.15, 0.2) is 0 Å². The molecule has 1 saturated heterocycles. The SMILES string of the molecule is CCN1C(=O)CC2(CCC2)NC1=O. The third-order valence-corrected chi connectivity index (χ3v) is 3.03. The van der Waals surface area contributed by atoms with Crippen molar-refractivity contribution >= 4 is 11.9 Å². The van der Waals surface area contributed by atoms with Crippen molar-refractivity contribution in [1.29, 1.82) is 0 Å². The molecule has 0 radical (unpaired) electrons. The first-order chi connectivity index (χ1) is 6.17. The fourth-order valence-corrected chi connectivity index (χ4v) is 2.06. The van der Waals surface area contributed by atoms with Gasteiger partial charge in [0.15, 0.2) is 0 Å². The van der Waals surface area contributed by atoms with Crippen molar-refractivity contribution in [2.24, 2.45) is 0 Å². The van der Waals surface area contributed by atoms with E-state index in [9.17, 15) is 9.59 Å². The summed E-state index contributed by atoms with van der Waals surface area (Å²) in [6, 6.07) is -0.210. The van der Waals surface area contributed by atoms with E-state index in [2.05, 4.69) is 5.32 Å². The highest BCUT2D eigenvalue weighted by Crippen LogP contribution is 2.37. The molecule has 2 fully saturated rings. The predicted octanol–water partition coefficient (Wildman–Crippen LogP) is 0.871. The van der Waals surface area contributed by atoms with Crippen molar-refractivity contribution in [2.45, 2.75) is 38.1 Å². The minimum atomic E-state index is -0.210. The molecule has 4 heteroatoms. The van der Waals surface area contributed by atoms with E-state index in [1.54, 1.807) is 0 Å². The number of rotatable bonds is 1. The van der Waals surface area contributed by atoms with Gasteiger partial charge in [0.2, 0.25) is 5.91 Å². The summed E-state index contributed by atoms with van der Waals surface area (Å²) >= 11 is 0. The van der Waals surface area contributed by atoms with Crippen molar-refractivity contribution in [2.75, 3.05) is 6.54 Å². The zero-order valence-corrected chi connectivity index (χ0v) is 7.80. The van der Waals surface area contributed by atoms with Gasteiger partial charge in [-0.1, -0.05) is 0 Å². The van der Waals surface area contributed by atoms with Gasteiger partial charge in [0.25, 0.3) is 0 Å². The summed E-state index contributed by atoms with van der Waals surface area (Å²) in [5, 5.41) is 2.93. The average Bonchev–Trinajstić information content (AvgIpc) is 2.01. The molecule has 2 rings (SSSR count). The van der Waals surface area contributed by atoms with Crippen molar-refractivity contribution < 1.29 is 9.59 Å². The van der Waals surface area contributed by atoms with Crippen LogP contribution in [0.1, 0.15) is 32.6 Å². The number of nitrogens with zero attached hydrogens (tertiary/aromatic N) is 1. The second-order valence-corrected chi connectivity index (χ2v) is 3.88. The highest BCUT2D eigenvalue weighted by molar-refractivity contribution is 5.98. The van der Waals surface area contributed by atoms with Gasteiger partial charge in [0.05, 0.1) is 12.0 Å². The maximum Gasteiger partial charge on any atom is 0.324 e. The number of hydrogen-bond acceptors (Lipinski definition) is 2. The summed E-state index contributed by atoms with van der Waals surface area (Å²) in [5.41, 5.74) is -0.167. The van der Waals surface area contributed by atoms with E-state index in [0.29, 0.717) is 13.0 Å². The lowest BCUT2D eigenvalue weighted by Gasteiger charge is -2.46. The summed E-state index contributed by atoms with van der Waals surface area (Å²) in [6.07, 6.45) is 3.54. The van der Waals surface area contributed by atoms with Crippen LogP contribution in [0.25, 0.3) is 0 Å². The molecule has 0 bridgehead atoms. The lowest BCUT2D eigenvalue weighted by atomic mass is 9.73. The van der Waals surface area contributed by atoms with E-state index in [1.165, 1.54) is 4.90 Å². The van der Waals surface area contributed by atoms with E-state index in [0.717, 1.165) is 19.3 Å². The average molecular weight is 182 g/mol. The Kier molecular flexibility index (Phi) is 1.78. The topological polar surface area (TPSA) is 49.4 Å². The number of imide groups is 1. The van der Waals surface area contributed by atoms with Crippen molar-refractivity contribution in [3.05, 3.63) is 0 Å². The van der Waals surface area contributed by atoms with Crippen LogP contribution in [-0.4, -0.2) is 28.9 Å². The molecule has 1 spiro atoms. The molecule has 1 aliphatic heterocycles. The van der Waals surface area contributed by atoms with Crippen LogP contribution in [0.4, 0.5) is 4.79 Å². The third-order valence-electron chi connectivity index (χ3n) is 3.03. The molecule has 0 aromatic carbocycles. The highest BCUT2D eigenvalue weighted by atomic mass is 16.2. The Balaban J connectivity index is 2.12. The van der Waals surface area contributed by atoms with Crippen LogP contribution in [-0.2, 0) is 4.79 Å². The van der Waals surface area contributed by atoms with Crippen molar-refractivity contribution in [3.8, 4) is 0 Å². The molecule has 0 aromatic heterocycles. The summed E-state index contributed by atoms with van der Waals surface area (Å²) in [6.45, 7) is 2.29. The van der Waals surface area contributed by atoms with Crippen LogP contribution in [0, 0.1) is 0 Å². The Bertz CT molecular complexity index is 238. The number of urea groups is 1. The van der Waals surface area contributed by atoms with E-state index < -0.39 is 0 Å². The minimum absolute atomic E-state index is 0.0223. The quantitative estimate of drug-likeness (QED) is 0.654. The molecular formula is C9H14N2O2. The summed E-state index contributed by atoms with van der Waals surface area (Å²) < 4.78 is 0. The van der Waals surface area contributed by atoms with Crippen LogP contribution >= 0.6 is 0 Å². The van der Waals surface area contributed by atoms with Gasteiger partial charge in [0, 0.05) is 6.54 Å². The fraction of sp³-hybridized carbons (Fsp3) is 0.778. The Labute approximate surface area is 77.3 Å². The molecule has 2 aliphatic rings. The lowest BCUT2D eigenvalue weighted by molar-refractivity contribution is -0.132. The smallest absolute Gasteiger partial charge is 0.324 e. The second kappa shape index (κ2) is 2.72. The number of nitrogens with one attached hydrogen (secondary N) is 1. The molecule has 0 unspecified atom stereocenters. The van der Waals surface area contributed by atoms with Crippen molar-refractivity contribution in [1.82, 2.24) is 10.2 Å². The molecule has 72 valence electrons. The summed E-state index contributed by atoms with van der Waals surface area (Å²) in [5.74, 6) is -0.0223. The zero-order chi connectivity index (χ0) is 9.47. The largest absolute Gasteiger partial charge is 0.332 e. The van der Waals surface area contributed by atoms with E-state index in [4.69, 9.17) is 0 Å². The standard InChI is InChI=1S/C9H14N2O2/c1-2-11-7(12)6-9(4-3-5-9)10-8(11)13/h2-6H2,1H3,(H,10,13). The Hall–Kier alpha value is -1.06. The van der Waals surface area contributed by atoms with Gasteiger partial charge >= 0.3 is 6.03 Å². The Morgan fingerprint density at radius 3 is 2.54 bits per heavy atom. The first-order valence-electron chi connectivity index (χ1n) is 4.79. The number of hydrogen-bond donors (Lipinski definition) is 1. The second-order valence-electron chi connectivity index (χ2n) is 3.88. The van der Waals surface area contributed by atoms with E-state index in [-0.39, 0.29) is 17.5 Å². The first kappa shape index (κ1) is 8.53. The van der Waals surface area contributed by atoms with E-state index in [1.807, 2.05) is 6.92 Å². The molecule has 3 amide bonds. The van der Waals surface area contributed by atoms with Crippen LogP contribution < -0.4 is 5.32 Å². The molecule has 0 atom stereocenters. The molecular weight excluding hydrogens is 168 g/mol. The van der Waals surface area contributed by atoms with Crippen LogP contribution in [0.5, 0.6) is 0 Å². The van der Waals surface area contributed by atoms with Crippen LogP contribution in [0.2, 0.25) is 0 Å². The maximum absolute atomic E-state index is 11.5. The number of carbonyl (C=O) groups excluding carboxylic acids is 2. The monoisotopic (exact) mass is 182 g/mol. The van der Waals surface area contributed by atoms with Gasteiger partial charge in [-0.3, -0.25) is 9.69 Å². The van der Waals surface area contributed by atoms with Crippen LogP contribution in [0.3, 0.4) is 0 Å². The van der Waals surface area contributed by atoms with Gasteiger partial charge in [-0.2, -0.15) is 0 Å². The fourth-order valence-electron chi connectivity index (χ4n) is 2.06. The van der Waals surface area contributed by atoms with Gasteiger partial charge < -0.3 is 5.32 Å². The Morgan fingerprint density at radius 2 is 2.15 bits per heavy atom. The summed E-state index contributed by atoms with van der Waals surface area (Å²) in [4.78, 5) is 24.2. The summed E-state index contributed by atoms with van der Waals surface area (Å²) in [7, 11) is 0. The molecule has 4 nitrogen and oxygen atoms in total. The molecule has 1 N–H and O–H groups in total. The van der Waals surface area contributed by atoms with Gasteiger partial charge in [0.1, 0.15) is 0 Å². The molecule has 0 aromatic rings. The third kappa shape index (κ3) is 1.20. The minimum Gasteiger partial charge on any atom is -0.332 e. The van der Waals surface area contributed by atoms with Crippen molar-refractivity contribution in [3.63, 3.8) is 0 Å². The molecule has 13 heavy (non-hydrogen) atoms. The number of amides is 3. The molecule has 1 saturated carbocycles. The number of carbonyl (C=O) groups is 2. The van der Waals surface area contributed by atoms with Gasteiger partial charge in [-0.05, 0) is 26.2 Å². The normalized spacial score (nSPS) is 25.8. The zero-order valence-electron chi connectivity index (χ0n) is 7.80. The lowest BCUT2D eigenvalue weighted by Crippen LogP contribution is -2.64. The highest BCUT2D eigenvalue weighted by Gasteiger charge is 2.46. The van der Waals surface area contributed by atoms with Gasteiger partial charge in [-0.15, -0.1) is 0 Å². The molecule has 1 aliphatic carbocycles. The first-order valence-corrected chi connectivity index (χ1v) is 4.79. The maximum atomic E-state index is 11.5. The molecule has 1 heterocycles. The van der Waals surface area contributed by atoms with E-state index >= 15 is 0 Å². The van der Waals surface area contributed by atoms with Gasteiger partial charge in [-0.25, -0.2) is 4.79 Å².